The largest absolute Gasteiger partial charge is 0.368 e. The minimum atomic E-state index is 1.08. The summed E-state index contributed by atoms with van der Waals surface area (Å²) < 4.78 is 0. The number of aryl methyl sites for hydroxylation is 1. The minimum Gasteiger partial charge on any atom is -0.368 e. The third-order valence-electron chi connectivity index (χ3n) is 5.77. The molecule has 0 atom stereocenters. The number of anilines is 1. The van der Waals surface area contributed by atoms with Crippen molar-refractivity contribution in [2.24, 2.45) is 0 Å². The number of nitrogens with zero attached hydrogens (tertiary/aromatic N) is 3. The summed E-state index contributed by atoms with van der Waals surface area (Å²) in [5, 5.41) is 9.86. The maximum atomic E-state index is 4.19. The molecule has 27 heavy (non-hydrogen) atoms. The Hall–Kier alpha value is -2.79. The van der Waals surface area contributed by atoms with Gasteiger partial charge < -0.3 is 9.88 Å². The molecule has 0 radical (unpaired) electrons. The lowest BCUT2D eigenvalue weighted by Crippen LogP contribution is -2.46. The summed E-state index contributed by atoms with van der Waals surface area (Å²) in [6.45, 7) is 5.59. The van der Waals surface area contributed by atoms with Gasteiger partial charge in [-0.3, -0.25) is 10.00 Å². The summed E-state index contributed by atoms with van der Waals surface area (Å²) in [5.41, 5.74) is 5.11. The van der Waals surface area contributed by atoms with E-state index in [1.807, 2.05) is 6.20 Å². The number of para-hydroxylation sites is 1. The number of nitrogens with one attached hydrogen (secondary N) is 2. The van der Waals surface area contributed by atoms with Crippen LogP contribution in [-0.2, 0) is 6.42 Å². The number of hydrogen-bond donors (Lipinski definition) is 2. The molecule has 5 heteroatoms. The van der Waals surface area contributed by atoms with Gasteiger partial charge in [-0.15, -0.1) is 0 Å². The van der Waals surface area contributed by atoms with Crippen LogP contribution in [0.15, 0.2) is 54.9 Å². The Balaban J connectivity index is 1.16. The van der Waals surface area contributed by atoms with Gasteiger partial charge in [0.25, 0.3) is 0 Å². The molecule has 2 aromatic heterocycles. The van der Waals surface area contributed by atoms with Crippen molar-refractivity contribution in [3.8, 4) is 0 Å². The van der Waals surface area contributed by atoms with Gasteiger partial charge in [0.05, 0.1) is 11.7 Å². The van der Waals surface area contributed by atoms with Crippen LogP contribution in [0, 0.1) is 0 Å². The van der Waals surface area contributed by atoms with Crippen molar-refractivity contribution in [2.45, 2.75) is 12.8 Å². The van der Waals surface area contributed by atoms with Crippen molar-refractivity contribution in [1.29, 1.82) is 0 Å². The zero-order chi connectivity index (χ0) is 18.1. The van der Waals surface area contributed by atoms with Gasteiger partial charge in [-0.1, -0.05) is 24.3 Å². The first-order chi connectivity index (χ1) is 13.4. The van der Waals surface area contributed by atoms with Crippen LogP contribution in [0.3, 0.4) is 0 Å². The third-order valence-corrected chi connectivity index (χ3v) is 5.77. The predicted molar refractivity (Wildman–Crippen MR) is 111 cm³/mol. The van der Waals surface area contributed by atoms with Gasteiger partial charge in [0, 0.05) is 54.4 Å². The van der Waals surface area contributed by atoms with Crippen LogP contribution in [-0.4, -0.2) is 52.8 Å². The lowest BCUT2D eigenvalue weighted by Gasteiger charge is -2.36. The monoisotopic (exact) mass is 359 g/mol. The van der Waals surface area contributed by atoms with Crippen LogP contribution in [0.2, 0.25) is 0 Å². The molecule has 2 N–H and O–H groups in total. The van der Waals surface area contributed by atoms with Crippen molar-refractivity contribution in [3.05, 3.63) is 60.4 Å². The van der Waals surface area contributed by atoms with Crippen LogP contribution in [0.25, 0.3) is 21.8 Å². The average molecular weight is 359 g/mol. The van der Waals surface area contributed by atoms with Crippen LogP contribution in [0.5, 0.6) is 0 Å². The average Bonchev–Trinajstić information content (AvgIpc) is 3.36. The van der Waals surface area contributed by atoms with Crippen molar-refractivity contribution in [2.75, 3.05) is 37.6 Å². The molecule has 1 saturated heterocycles. The van der Waals surface area contributed by atoms with E-state index in [-0.39, 0.29) is 0 Å². The van der Waals surface area contributed by atoms with Crippen LogP contribution < -0.4 is 4.90 Å². The number of fused-ring (bicyclic) bond motifs is 2. The Bertz CT molecular complexity index is 1040. The first kappa shape index (κ1) is 16.4. The zero-order valence-corrected chi connectivity index (χ0v) is 15.5. The molecule has 0 amide bonds. The van der Waals surface area contributed by atoms with E-state index in [2.05, 4.69) is 73.6 Å². The predicted octanol–water partition coefficient (Wildman–Crippen LogP) is 3.80. The molecule has 4 aromatic rings. The first-order valence-electron chi connectivity index (χ1n) is 9.83. The summed E-state index contributed by atoms with van der Waals surface area (Å²) in [4.78, 5) is 8.48. The van der Waals surface area contributed by atoms with Crippen molar-refractivity contribution in [1.82, 2.24) is 20.1 Å². The first-order valence-corrected chi connectivity index (χ1v) is 9.83. The molecule has 5 rings (SSSR count). The second-order valence-electron chi connectivity index (χ2n) is 7.40. The number of benzene rings is 2. The SMILES string of the molecule is c1ccc2c(CCCN3CCN(c4cccc5[nH]ncc45)CC3)c[nH]c2c1. The standard InChI is InChI=1S/C22H25N5/c1-2-7-20-18(6-1)17(15-23-20)5-4-10-26-11-13-27(14-12-26)22-9-3-8-21-19(22)16-24-25-21/h1-3,6-9,15-16,23H,4-5,10-14H2,(H,24,25). The Morgan fingerprint density at radius 1 is 0.889 bits per heavy atom. The summed E-state index contributed by atoms with van der Waals surface area (Å²) >= 11 is 0. The number of aromatic nitrogens is 3. The molecule has 1 fully saturated rings. The van der Waals surface area contributed by atoms with Crippen LogP contribution in [0.4, 0.5) is 5.69 Å². The molecule has 3 heterocycles. The topological polar surface area (TPSA) is 50.9 Å². The Morgan fingerprint density at radius 2 is 1.74 bits per heavy atom. The summed E-state index contributed by atoms with van der Waals surface area (Å²) in [7, 11) is 0. The number of hydrogen-bond acceptors (Lipinski definition) is 3. The Kier molecular flexibility index (Phi) is 4.30. The number of aromatic amines is 2. The molecule has 0 saturated carbocycles. The lowest BCUT2D eigenvalue weighted by atomic mass is 10.1. The molecule has 0 unspecified atom stereocenters. The third kappa shape index (κ3) is 3.19. The molecule has 1 aliphatic rings. The fourth-order valence-corrected chi connectivity index (χ4v) is 4.27. The molecule has 0 bridgehead atoms. The lowest BCUT2D eigenvalue weighted by molar-refractivity contribution is 0.255. The number of rotatable bonds is 5. The van der Waals surface area contributed by atoms with Crippen LogP contribution >= 0.6 is 0 Å². The zero-order valence-electron chi connectivity index (χ0n) is 15.5. The smallest absolute Gasteiger partial charge is 0.0671 e. The highest BCUT2D eigenvalue weighted by Crippen LogP contribution is 2.26. The van der Waals surface area contributed by atoms with Gasteiger partial charge in [-0.25, -0.2) is 0 Å². The van der Waals surface area contributed by atoms with E-state index in [4.69, 9.17) is 0 Å². The van der Waals surface area contributed by atoms with Gasteiger partial charge in [0.15, 0.2) is 0 Å². The molecule has 0 aliphatic carbocycles. The molecule has 138 valence electrons. The van der Waals surface area contributed by atoms with Gasteiger partial charge in [0.1, 0.15) is 0 Å². The van der Waals surface area contributed by atoms with Crippen molar-refractivity contribution < 1.29 is 0 Å². The van der Waals surface area contributed by atoms with E-state index >= 15 is 0 Å². The number of H-pyrrole nitrogens is 2. The molecule has 0 spiro atoms. The van der Waals surface area contributed by atoms with E-state index in [0.29, 0.717) is 0 Å². The molecule has 1 aliphatic heterocycles. The summed E-state index contributed by atoms with van der Waals surface area (Å²) in [5.74, 6) is 0. The minimum absolute atomic E-state index is 1.08. The van der Waals surface area contributed by atoms with E-state index < -0.39 is 0 Å². The van der Waals surface area contributed by atoms with Gasteiger partial charge in [-0.2, -0.15) is 5.10 Å². The van der Waals surface area contributed by atoms with E-state index in [1.165, 1.54) is 40.5 Å². The molecular weight excluding hydrogens is 334 g/mol. The maximum Gasteiger partial charge on any atom is 0.0671 e. The quantitative estimate of drug-likeness (QED) is 0.570. The summed E-state index contributed by atoms with van der Waals surface area (Å²) in [6.07, 6.45) is 6.46. The molecule has 5 nitrogen and oxygen atoms in total. The van der Waals surface area contributed by atoms with Crippen molar-refractivity contribution >= 4 is 27.5 Å². The Morgan fingerprint density at radius 3 is 2.67 bits per heavy atom. The van der Waals surface area contributed by atoms with Crippen molar-refractivity contribution in [3.63, 3.8) is 0 Å². The van der Waals surface area contributed by atoms with E-state index in [0.717, 1.165) is 38.1 Å². The fraction of sp³-hybridized carbons (Fsp3) is 0.318. The number of piperazine rings is 1. The maximum absolute atomic E-state index is 4.19. The highest BCUT2D eigenvalue weighted by Gasteiger charge is 2.18. The molecular formula is C22H25N5. The summed E-state index contributed by atoms with van der Waals surface area (Å²) in [6, 6.07) is 15.0. The highest BCUT2D eigenvalue weighted by molar-refractivity contribution is 5.91. The van der Waals surface area contributed by atoms with Gasteiger partial charge in [0.2, 0.25) is 0 Å². The Labute approximate surface area is 159 Å². The van der Waals surface area contributed by atoms with E-state index in [9.17, 15) is 0 Å². The highest BCUT2D eigenvalue weighted by atomic mass is 15.3. The van der Waals surface area contributed by atoms with Gasteiger partial charge in [-0.05, 0) is 43.1 Å². The molecule has 2 aromatic carbocycles. The second-order valence-corrected chi connectivity index (χ2v) is 7.40. The second kappa shape index (κ2) is 7.08. The normalized spacial score (nSPS) is 15.8. The van der Waals surface area contributed by atoms with E-state index in [1.54, 1.807) is 0 Å². The van der Waals surface area contributed by atoms with Crippen LogP contribution in [0.1, 0.15) is 12.0 Å². The van der Waals surface area contributed by atoms with Gasteiger partial charge >= 0.3 is 0 Å². The fourth-order valence-electron chi connectivity index (χ4n) is 4.27.